The third-order valence-corrected chi connectivity index (χ3v) is 4.34. The molecule has 0 bridgehead atoms. The number of hydrogen-bond donors (Lipinski definition) is 2. The molecule has 0 aliphatic carbocycles. The monoisotopic (exact) mass is 330 g/mol. The molecule has 0 aliphatic heterocycles. The van der Waals surface area contributed by atoms with Crippen molar-refractivity contribution in [2.24, 2.45) is 4.99 Å². The third-order valence-electron chi connectivity index (χ3n) is 3.48. The molecule has 2 N–H and O–H groups in total. The molecule has 0 radical (unpaired) electrons. The molecule has 2 rings (SSSR count). The number of nitrogens with zero attached hydrogens (tertiary/aromatic N) is 2. The fraction of sp³-hybridized carbons (Fsp3) is 0.389. The predicted molar refractivity (Wildman–Crippen MR) is 102 cm³/mol. The summed E-state index contributed by atoms with van der Waals surface area (Å²) in [5, 5.41) is 8.78. The van der Waals surface area contributed by atoms with E-state index in [1.165, 1.54) is 16.1 Å². The molecule has 124 valence electrons. The summed E-state index contributed by atoms with van der Waals surface area (Å²) in [6, 6.07) is 12.9. The van der Waals surface area contributed by atoms with Crippen molar-refractivity contribution in [1.29, 1.82) is 0 Å². The first-order valence-electron chi connectivity index (χ1n) is 8.00. The van der Waals surface area contributed by atoms with Crippen LogP contribution in [-0.4, -0.2) is 33.1 Å². The zero-order chi connectivity index (χ0) is 16.5. The number of aliphatic imine (C=N–C) groups is 1. The average Bonchev–Trinajstić information content (AvgIpc) is 3.06. The second kappa shape index (κ2) is 9.20. The van der Waals surface area contributed by atoms with E-state index in [4.69, 9.17) is 0 Å². The maximum atomic E-state index is 4.62. The summed E-state index contributed by atoms with van der Waals surface area (Å²) in [5.74, 6) is 0.880. The Labute approximate surface area is 143 Å². The van der Waals surface area contributed by atoms with Crippen LogP contribution in [0, 0.1) is 0 Å². The van der Waals surface area contributed by atoms with Gasteiger partial charge in [-0.15, -0.1) is 11.3 Å². The van der Waals surface area contributed by atoms with Crippen molar-refractivity contribution in [3.8, 4) is 0 Å². The molecule has 0 fully saturated rings. The van der Waals surface area contributed by atoms with Crippen molar-refractivity contribution >= 4 is 23.0 Å². The normalized spacial score (nSPS) is 11.3. The van der Waals surface area contributed by atoms with E-state index in [1.807, 2.05) is 0 Å². The van der Waals surface area contributed by atoms with E-state index in [9.17, 15) is 0 Å². The second-order valence-electron chi connectivity index (χ2n) is 5.51. The average molecular weight is 331 g/mol. The van der Waals surface area contributed by atoms with Gasteiger partial charge in [-0.2, -0.15) is 0 Å². The van der Waals surface area contributed by atoms with Crippen LogP contribution in [0.3, 0.4) is 0 Å². The summed E-state index contributed by atoms with van der Waals surface area (Å²) in [6.45, 7) is 4.55. The summed E-state index contributed by atoms with van der Waals surface area (Å²) < 4.78 is 0. The number of hydrogen-bond acceptors (Lipinski definition) is 3. The van der Waals surface area contributed by atoms with Gasteiger partial charge in [0, 0.05) is 37.7 Å². The highest BCUT2D eigenvalue weighted by atomic mass is 32.1. The molecule has 5 heteroatoms. The third kappa shape index (κ3) is 5.94. The summed E-state index contributed by atoms with van der Waals surface area (Å²) in [5.41, 5.74) is 2.56. The van der Waals surface area contributed by atoms with Crippen molar-refractivity contribution in [2.75, 3.05) is 32.1 Å². The van der Waals surface area contributed by atoms with Crippen LogP contribution in [0.4, 0.5) is 5.69 Å². The van der Waals surface area contributed by atoms with E-state index in [0.717, 1.165) is 32.0 Å². The lowest BCUT2D eigenvalue weighted by atomic mass is 10.1. The number of anilines is 1. The van der Waals surface area contributed by atoms with Crippen molar-refractivity contribution in [3.05, 3.63) is 52.2 Å². The van der Waals surface area contributed by atoms with Crippen molar-refractivity contribution in [2.45, 2.75) is 19.9 Å². The molecule has 0 unspecified atom stereocenters. The number of thiophene rings is 1. The highest BCUT2D eigenvalue weighted by Gasteiger charge is 2.00. The molecule has 2 aromatic rings. The Kier molecular flexibility index (Phi) is 6.94. The Balaban J connectivity index is 1.82. The summed E-state index contributed by atoms with van der Waals surface area (Å²) in [4.78, 5) is 8.02. The SMILES string of the molecule is CCNC(=NCc1cccs1)NCCc1ccc(N(C)C)cc1. The first-order chi connectivity index (χ1) is 11.2. The topological polar surface area (TPSA) is 39.7 Å². The van der Waals surface area contributed by atoms with Crippen molar-refractivity contribution < 1.29 is 0 Å². The highest BCUT2D eigenvalue weighted by Crippen LogP contribution is 2.12. The largest absolute Gasteiger partial charge is 0.378 e. The van der Waals surface area contributed by atoms with E-state index in [0.29, 0.717) is 0 Å². The van der Waals surface area contributed by atoms with Gasteiger partial charge in [-0.1, -0.05) is 18.2 Å². The molecule has 0 atom stereocenters. The Morgan fingerprint density at radius 2 is 1.91 bits per heavy atom. The molecule has 4 nitrogen and oxygen atoms in total. The van der Waals surface area contributed by atoms with Gasteiger partial charge < -0.3 is 15.5 Å². The maximum Gasteiger partial charge on any atom is 0.191 e. The predicted octanol–water partition coefficient (Wildman–Crippen LogP) is 3.11. The lowest BCUT2D eigenvalue weighted by Gasteiger charge is -2.13. The maximum absolute atomic E-state index is 4.62. The number of benzene rings is 1. The van der Waals surface area contributed by atoms with Gasteiger partial charge in [-0.25, -0.2) is 4.99 Å². The summed E-state index contributed by atoms with van der Waals surface area (Å²) >= 11 is 1.74. The Morgan fingerprint density at radius 3 is 2.52 bits per heavy atom. The number of guanidine groups is 1. The van der Waals surface area contributed by atoms with E-state index in [2.05, 4.69) is 83.3 Å². The quantitative estimate of drug-likeness (QED) is 0.605. The molecule has 0 spiro atoms. The molecule has 1 aromatic carbocycles. The number of nitrogens with one attached hydrogen (secondary N) is 2. The highest BCUT2D eigenvalue weighted by molar-refractivity contribution is 7.09. The van der Waals surface area contributed by atoms with E-state index < -0.39 is 0 Å². The first-order valence-corrected chi connectivity index (χ1v) is 8.88. The van der Waals surface area contributed by atoms with Crippen LogP contribution < -0.4 is 15.5 Å². The van der Waals surface area contributed by atoms with Gasteiger partial charge in [0.25, 0.3) is 0 Å². The van der Waals surface area contributed by atoms with Crippen LogP contribution in [0.25, 0.3) is 0 Å². The molecular weight excluding hydrogens is 304 g/mol. The van der Waals surface area contributed by atoms with Gasteiger partial charge in [-0.3, -0.25) is 0 Å². The van der Waals surface area contributed by atoms with E-state index in [1.54, 1.807) is 11.3 Å². The molecule has 23 heavy (non-hydrogen) atoms. The van der Waals surface area contributed by atoms with Crippen LogP contribution >= 0.6 is 11.3 Å². The van der Waals surface area contributed by atoms with Crippen LogP contribution in [0.2, 0.25) is 0 Å². The molecule has 0 amide bonds. The summed E-state index contributed by atoms with van der Waals surface area (Å²) in [6.07, 6.45) is 0.983. The first kappa shape index (κ1) is 17.3. The lowest BCUT2D eigenvalue weighted by Crippen LogP contribution is -2.38. The van der Waals surface area contributed by atoms with Gasteiger partial charge in [0.15, 0.2) is 5.96 Å². The zero-order valence-electron chi connectivity index (χ0n) is 14.2. The van der Waals surface area contributed by atoms with Gasteiger partial charge in [0.1, 0.15) is 0 Å². The zero-order valence-corrected chi connectivity index (χ0v) is 15.0. The van der Waals surface area contributed by atoms with Gasteiger partial charge in [0.05, 0.1) is 6.54 Å². The van der Waals surface area contributed by atoms with Crippen LogP contribution in [-0.2, 0) is 13.0 Å². The standard InChI is InChI=1S/C18H26N4S/c1-4-19-18(21-14-17-6-5-13-23-17)20-12-11-15-7-9-16(10-8-15)22(2)3/h5-10,13H,4,11-12,14H2,1-3H3,(H2,19,20,21). The Bertz CT molecular complexity index is 588. The van der Waals surface area contributed by atoms with Crippen LogP contribution in [0.5, 0.6) is 0 Å². The molecule has 0 saturated heterocycles. The molecule has 0 saturated carbocycles. The molecular formula is C18H26N4S. The molecule has 0 aliphatic rings. The Hall–Kier alpha value is -2.01. The Morgan fingerprint density at radius 1 is 1.13 bits per heavy atom. The van der Waals surface area contributed by atoms with Crippen molar-refractivity contribution in [1.82, 2.24) is 10.6 Å². The number of rotatable bonds is 7. The fourth-order valence-corrected chi connectivity index (χ4v) is 2.82. The summed E-state index contributed by atoms with van der Waals surface area (Å²) in [7, 11) is 4.12. The molecule has 1 aromatic heterocycles. The van der Waals surface area contributed by atoms with E-state index in [-0.39, 0.29) is 0 Å². The van der Waals surface area contributed by atoms with Gasteiger partial charge >= 0.3 is 0 Å². The molecule has 1 heterocycles. The van der Waals surface area contributed by atoms with Crippen LogP contribution in [0.15, 0.2) is 46.8 Å². The minimum Gasteiger partial charge on any atom is -0.378 e. The van der Waals surface area contributed by atoms with Crippen LogP contribution in [0.1, 0.15) is 17.4 Å². The van der Waals surface area contributed by atoms with Crippen molar-refractivity contribution in [3.63, 3.8) is 0 Å². The fourth-order valence-electron chi connectivity index (χ4n) is 2.19. The lowest BCUT2D eigenvalue weighted by molar-refractivity contribution is 0.801. The van der Waals surface area contributed by atoms with E-state index >= 15 is 0 Å². The minimum atomic E-state index is 0.727. The minimum absolute atomic E-state index is 0.727. The second-order valence-corrected chi connectivity index (χ2v) is 6.54. The van der Waals surface area contributed by atoms with Gasteiger partial charge in [0.2, 0.25) is 0 Å². The smallest absolute Gasteiger partial charge is 0.191 e. The van der Waals surface area contributed by atoms with Gasteiger partial charge in [-0.05, 0) is 42.5 Å².